The summed E-state index contributed by atoms with van der Waals surface area (Å²) in [5.74, 6) is 0.0413. The predicted octanol–water partition coefficient (Wildman–Crippen LogP) is 5.38. The van der Waals surface area contributed by atoms with Crippen LogP contribution in [0.1, 0.15) is 62.9 Å². The van der Waals surface area contributed by atoms with Crippen LogP contribution >= 0.6 is 0 Å². The number of hydrogen-bond donors (Lipinski definition) is 2. The van der Waals surface area contributed by atoms with Gasteiger partial charge in [0.15, 0.2) is 0 Å². The Morgan fingerprint density at radius 2 is 1.94 bits per heavy atom. The number of aromatic nitrogens is 3. The van der Waals surface area contributed by atoms with Gasteiger partial charge in [-0.2, -0.15) is 18.3 Å². The maximum atomic E-state index is 13.8. The molecule has 4 rings (SSSR count). The number of piperidine rings is 1. The number of nitrogens with one attached hydrogen (secondary N) is 1. The van der Waals surface area contributed by atoms with Crippen LogP contribution in [0.5, 0.6) is 5.75 Å². The van der Waals surface area contributed by atoms with Gasteiger partial charge < -0.3 is 15.2 Å². The maximum Gasteiger partial charge on any atom is 0.418 e. The van der Waals surface area contributed by atoms with Crippen molar-refractivity contribution in [2.45, 2.75) is 69.9 Å². The van der Waals surface area contributed by atoms with E-state index in [-0.39, 0.29) is 42.1 Å². The second kappa shape index (κ2) is 9.34. The normalized spacial score (nSPS) is 23.4. The first-order chi connectivity index (χ1) is 16.4. The smallest absolute Gasteiger partial charge is 0.418 e. The Morgan fingerprint density at radius 3 is 2.54 bits per heavy atom. The molecule has 6 nitrogen and oxygen atoms in total. The highest BCUT2D eigenvalue weighted by molar-refractivity contribution is 5.84. The SMILES string of the molecule is CC1CC(O)(c2ccc(C(F)F)nc2)CC(COc2cc(C(F)(F)F)c3c(cnn3C(C)C)c2)N1. The number of alkyl halides is 5. The van der Waals surface area contributed by atoms with Crippen LogP contribution in [0, 0.1) is 0 Å². The molecule has 0 aliphatic carbocycles. The standard InChI is InChI=1S/C24H27F5N4O2/c1-13(2)33-21-15(10-31-33)6-18(7-19(21)24(27,28)29)35-12-17-9-23(34,8-14(3)32-17)16-4-5-20(22(25)26)30-11-16/h4-7,10-11,13-14,17,22,32,34H,8-9,12H2,1-3H3. The number of aliphatic hydroxyl groups is 1. The Kier molecular flexibility index (Phi) is 6.76. The van der Waals surface area contributed by atoms with Crippen molar-refractivity contribution >= 4 is 10.9 Å². The Morgan fingerprint density at radius 1 is 1.20 bits per heavy atom. The molecule has 3 unspecified atom stereocenters. The molecule has 1 aromatic carbocycles. The highest BCUT2D eigenvalue weighted by atomic mass is 19.4. The van der Waals surface area contributed by atoms with E-state index in [1.54, 1.807) is 13.8 Å². The third kappa shape index (κ3) is 5.25. The van der Waals surface area contributed by atoms with E-state index in [0.717, 1.165) is 6.07 Å². The van der Waals surface area contributed by atoms with Gasteiger partial charge in [0.05, 0.1) is 22.9 Å². The van der Waals surface area contributed by atoms with Crippen LogP contribution in [-0.2, 0) is 11.8 Å². The predicted molar refractivity (Wildman–Crippen MR) is 119 cm³/mol. The minimum absolute atomic E-state index is 0.00150. The first-order valence-corrected chi connectivity index (χ1v) is 11.3. The first kappa shape index (κ1) is 25.3. The van der Waals surface area contributed by atoms with E-state index in [4.69, 9.17) is 4.74 Å². The fourth-order valence-electron chi connectivity index (χ4n) is 4.72. The van der Waals surface area contributed by atoms with Crippen LogP contribution in [0.15, 0.2) is 36.7 Å². The number of fused-ring (bicyclic) bond motifs is 1. The lowest BCUT2D eigenvalue weighted by atomic mass is 9.79. The molecular weight excluding hydrogens is 471 g/mol. The van der Waals surface area contributed by atoms with Gasteiger partial charge in [0.25, 0.3) is 6.43 Å². The van der Waals surface area contributed by atoms with Gasteiger partial charge in [-0.3, -0.25) is 9.67 Å². The fourth-order valence-corrected chi connectivity index (χ4v) is 4.72. The molecule has 3 atom stereocenters. The first-order valence-electron chi connectivity index (χ1n) is 11.3. The third-order valence-electron chi connectivity index (χ3n) is 6.20. The molecule has 0 amide bonds. The Bertz CT molecular complexity index is 1180. The summed E-state index contributed by atoms with van der Waals surface area (Å²) in [6.07, 6.45) is -4.19. The van der Waals surface area contributed by atoms with E-state index < -0.39 is 29.8 Å². The number of halogens is 5. The van der Waals surface area contributed by atoms with Crippen molar-refractivity contribution in [3.63, 3.8) is 0 Å². The quantitative estimate of drug-likeness (QED) is 0.447. The molecular formula is C24H27F5N4O2. The summed E-state index contributed by atoms with van der Waals surface area (Å²) in [4.78, 5) is 3.74. The summed E-state index contributed by atoms with van der Waals surface area (Å²) in [6.45, 7) is 5.36. The van der Waals surface area contributed by atoms with Gasteiger partial charge >= 0.3 is 6.18 Å². The van der Waals surface area contributed by atoms with Crippen molar-refractivity contribution in [1.82, 2.24) is 20.1 Å². The zero-order chi connectivity index (χ0) is 25.5. The van der Waals surface area contributed by atoms with E-state index in [2.05, 4.69) is 15.4 Å². The zero-order valence-corrected chi connectivity index (χ0v) is 19.5. The molecule has 1 aliphatic rings. The lowest BCUT2D eigenvalue weighted by Crippen LogP contribution is -2.53. The Hall–Kier alpha value is -2.79. The average Bonchev–Trinajstić information content (AvgIpc) is 3.20. The fraction of sp³-hybridized carbons (Fsp3) is 0.500. The second-order valence-electron chi connectivity index (χ2n) is 9.38. The number of hydrogen-bond acceptors (Lipinski definition) is 5. The van der Waals surface area contributed by atoms with Gasteiger partial charge in [-0.1, -0.05) is 6.07 Å². The van der Waals surface area contributed by atoms with E-state index in [1.807, 2.05) is 6.92 Å². The summed E-state index contributed by atoms with van der Waals surface area (Å²) in [5.41, 5.74) is -2.15. The van der Waals surface area contributed by atoms with Crippen molar-refractivity contribution in [3.8, 4) is 5.75 Å². The monoisotopic (exact) mass is 498 g/mol. The number of ether oxygens (including phenoxy) is 1. The van der Waals surface area contributed by atoms with Gasteiger partial charge in [-0.05, 0) is 51.8 Å². The molecule has 190 valence electrons. The molecule has 11 heteroatoms. The number of pyridine rings is 1. The van der Waals surface area contributed by atoms with E-state index >= 15 is 0 Å². The summed E-state index contributed by atoms with van der Waals surface area (Å²) in [5, 5.41) is 19.0. The summed E-state index contributed by atoms with van der Waals surface area (Å²) in [7, 11) is 0. The third-order valence-corrected chi connectivity index (χ3v) is 6.20. The topological polar surface area (TPSA) is 72.2 Å². The van der Waals surface area contributed by atoms with Gasteiger partial charge in [-0.25, -0.2) is 8.78 Å². The highest BCUT2D eigenvalue weighted by Crippen LogP contribution is 2.39. The molecule has 2 aromatic heterocycles. The Labute approximate surface area is 199 Å². The number of rotatable bonds is 6. The Balaban J connectivity index is 1.55. The van der Waals surface area contributed by atoms with Crippen LogP contribution in [0.25, 0.3) is 10.9 Å². The maximum absolute atomic E-state index is 13.8. The lowest BCUT2D eigenvalue weighted by Gasteiger charge is -2.41. The summed E-state index contributed by atoms with van der Waals surface area (Å²) in [6, 6.07) is 4.28. The molecule has 3 aromatic rings. The molecule has 0 spiro atoms. The van der Waals surface area contributed by atoms with Crippen LogP contribution < -0.4 is 10.1 Å². The molecule has 0 bridgehead atoms. The van der Waals surface area contributed by atoms with E-state index in [0.29, 0.717) is 17.4 Å². The molecule has 1 fully saturated rings. The molecule has 1 saturated heterocycles. The van der Waals surface area contributed by atoms with Crippen LogP contribution in [0.2, 0.25) is 0 Å². The van der Waals surface area contributed by atoms with Gasteiger partial charge in [0.2, 0.25) is 0 Å². The minimum Gasteiger partial charge on any atom is -0.492 e. The van der Waals surface area contributed by atoms with Crippen molar-refractivity contribution < 1.29 is 31.8 Å². The lowest BCUT2D eigenvalue weighted by molar-refractivity contribution is -0.136. The average molecular weight is 498 g/mol. The minimum atomic E-state index is -4.60. The van der Waals surface area contributed by atoms with Crippen LogP contribution in [0.3, 0.4) is 0 Å². The highest BCUT2D eigenvalue weighted by Gasteiger charge is 2.40. The molecule has 0 radical (unpaired) electrons. The van der Waals surface area contributed by atoms with Crippen molar-refractivity contribution in [1.29, 1.82) is 0 Å². The largest absolute Gasteiger partial charge is 0.492 e. The number of benzene rings is 1. The van der Waals surface area contributed by atoms with E-state index in [1.165, 1.54) is 35.3 Å². The van der Waals surface area contributed by atoms with Gasteiger partial charge in [0, 0.05) is 35.3 Å². The summed E-state index contributed by atoms with van der Waals surface area (Å²) < 4.78 is 74.3. The van der Waals surface area contributed by atoms with Crippen molar-refractivity contribution in [2.75, 3.05) is 6.61 Å². The molecule has 3 heterocycles. The molecule has 0 saturated carbocycles. The second-order valence-corrected chi connectivity index (χ2v) is 9.38. The molecule has 1 aliphatic heterocycles. The van der Waals surface area contributed by atoms with Crippen molar-refractivity contribution in [2.24, 2.45) is 0 Å². The van der Waals surface area contributed by atoms with Crippen molar-refractivity contribution in [3.05, 3.63) is 53.5 Å². The van der Waals surface area contributed by atoms with E-state index in [9.17, 15) is 27.1 Å². The van der Waals surface area contributed by atoms with Gasteiger partial charge in [-0.15, -0.1) is 0 Å². The number of nitrogens with zero attached hydrogens (tertiary/aromatic N) is 3. The van der Waals surface area contributed by atoms with Crippen LogP contribution in [0.4, 0.5) is 22.0 Å². The zero-order valence-electron chi connectivity index (χ0n) is 19.5. The van der Waals surface area contributed by atoms with Gasteiger partial charge in [0.1, 0.15) is 18.1 Å². The van der Waals surface area contributed by atoms with Crippen LogP contribution in [-0.4, -0.2) is 38.6 Å². The summed E-state index contributed by atoms with van der Waals surface area (Å²) >= 11 is 0. The molecule has 2 N–H and O–H groups in total. The molecule has 35 heavy (non-hydrogen) atoms.